The summed E-state index contributed by atoms with van der Waals surface area (Å²) in [6.45, 7) is 1.27. The summed E-state index contributed by atoms with van der Waals surface area (Å²) in [6.07, 6.45) is 6.21. The van der Waals surface area contributed by atoms with Crippen LogP contribution in [0, 0.1) is 11.6 Å². The van der Waals surface area contributed by atoms with Gasteiger partial charge in [0.15, 0.2) is 0 Å². The van der Waals surface area contributed by atoms with Crippen molar-refractivity contribution >= 4 is 5.91 Å². The summed E-state index contributed by atoms with van der Waals surface area (Å²) < 4.78 is 43.1. The maximum Gasteiger partial charge on any atom is 0.246 e. The third kappa shape index (κ3) is 6.74. The van der Waals surface area contributed by atoms with Gasteiger partial charge in [-0.25, -0.2) is 8.78 Å². The number of ether oxygens (including phenoxy) is 3. The van der Waals surface area contributed by atoms with Gasteiger partial charge in [0.2, 0.25) is 5.91 Å². The normalized spacial score (nSPS) is 25.8. The van der Waals surface area contributed by atoms with Gasteiger partial charge in [-0.3, -0.25) is 4.79 Å². The van der Waals surface area contributed by atoms with Crippen LogP contribution in [0.25, 0.3) is 0 Å². The molecule has 1 aromatic rings. The van der Waals surface area contributed by atoms with Crippen LogP contribution in [0.1, 0.15) is 44.9 Å². The van der Waals surface area contributed by atoms with Crippen LogP contribution in [0.2, 0.25) is 0 Å². The highest BCUT2D eigenvalue weighted by molar-refractivity contribution is 5.77. The second-order valence-electron chi connectivity index (χ2n) is 7.27. The van der Waals surface area contributed by atoms with Gasteiger partial charge in [-0.2, -0.15) is 0 Å². The summed E-state index contributed by atoms with van der Waals surface area (Å²) in [7, 11) is 0. The molecule has 2 aliphatic rings. The fourth-order valence-electron chi connectivity index (χ4n) is 3.61. The first-order valence-electron chi connectivity index (χ1n) is 9.70. The monoisotopic (exact) mass is 383 g/mol. The topological polar surface area (TPSA) is 56.8 Å². The quantitative estimate of drug-likeness (QED) is 0.785. The van der Waals surface area contributed by atoms with Crippen molar-refractivity contribution in [1.82, 2.24) is 5.32 Å². The van der Waals surface area contributed by atoms with Crippen LogP contribution in [0.3, 0.4) is 0 Å². The average molecular weight is 383 g/mol. The van der Waals surface area contributed by atoms with Crippen LogP contribution in [0.4, 0.5) is 8.78 Å². The smallest absolute Gasteiger partial charge is 0.246 e. The minimum atomic E-state index is -0.649. The van der Waals surface area contributed by atoms with Crippen LogP contribution in [0.5, 0.6) is 5.75 Å². The fraction of sp³-hybridized carbons (Fsp3) is 0.650. The Labute approximate surface area is 158 Å². The maximum atomic E-state index is 13.2. The summed E-state index contributed by atoms with van der Waals surface area (Å²) >= 11 is 0. The van der Waals surface area contributed by atoms with Crippen LogP contribution < -0.4 is 10.1 Å². The molecule has 0 spiro atoms. The third-order valence-electron chi connectivity index (χ3n) is 4.99. The fourth-order valence-corrected chi connectivity index (χ4v) is 3.61. The molecule has 5 nitrogen and oxygen atoms in total. The van der Waals surface area contributed by atoms with E-state index in [1.165, 1.54) is 12.1 Å². The lowest BCUT2D eigenvalue weighted by molar-refractivity contribution is -0.128. The van der Waals surface area contributed by atoms with Gasteiger partial charge in [0.05, 0.1) is 18.8 Å². The number of carbonyl (C=O) groups excluding carboxylic acids is 1. The number of nitrogens with one attached hydrogen (secondary N) is 1. The molecule has 1 atom stereocenters. The molecule has 3 rings (SSSR count). The van der Waals surface area contributed by atoms with E-state index < -0.39 is 11.6 Å². The van der Waals surface area contributed by atoms with Crippen molar-refractivity contribution in [2.24, 2.45) is 0 Å². The molecule has 1 aliphatic heterocycles. The van der Waals surface area contributed by atoms with E-state index >= 15 is 0 Å². The molecular weight excluding hydrogens is 356 g/mol. The van der Waals surface area contributed by atoms with E-state index in [1.54, 1.807) is 0 Å². The van der Waals surface area contributed by atoms with Crippen molar-refractivity contribution in [1.29, 1.82) is 0 Å². The Morgan fingerprint density at radius 2 is 1.81 bits per heavy atom. The Hall–Kier alpha value is -1.73. The predicted molar refractivity (Wildman–Crippen MR) is 95.6 cm³/mol. The molecular formula is C20H27F2NO4. The molecule has 27 heavy (non-hydrogen) atoms. The highest BCUT2D eigenvalue weighted by Crippen LogP contribution is 2.25. The van der Waals surface area contributed by atoms with E-state index in [0.29, 0.717) is 6.61 Å². The number of hydrogen-bond donors (Lipinski definition) is 1. The summed E-state index contributed by atoms with van der Waals surface area (Å²) in [5, 5.41) is 2.98. The van der Waals surface area contributed by atoms with Gasteiger partial charge in [0.25, 0.3) is 0 Å². The Morgan fingerprint density at radius 3 is 2.48 bits per heavy atom. The van der Waals surface area contributed by atoms with Crippen molar-refractivity contribution in [3.8, 4) is 5.75 Å². The molecule has 1 unspecified atom stereocenters. The lowest BCUT2D eigenvalue weighted by Gasteiger charge is -2.29. The van der Waals surface area contributed by atoms with E-state index in [9.17, 15) is 13.6 Å². The number of benzene rings is 1. The summed E-state index contributed by atoms with van der Waals surface area (Å²) in [6, 6.07) is 3.27. The van der Waals surface area contributed by atoms with Gasteiger partial charge >= 0.3 is 0 Å². The van der Waals surface area contributed by atoms with E-state index in [4.69, 9.17) is 14.2 Å². The van der Waals surface area contributed by atoms with Crippen LogP contribution >= 0.6 is 0 Å². The highest BCUT2D eigenvalue weighted by Gasteiger charge is 2.24. The second-order valence-corrected chi connectivity index (χ2v) is 7.27. The predicted octanol–water partition coefficient (Wildman–Crippen LogP) is 3.36. The van der Waals surface area contributed by atoms with Gasteiger partial charge in [-0.15, -0.1) is 0 Å². The molecule has 7 heteroatoms. The van der Waals surface area contributed by atoms with E-state index in [2.05, 4.69) is 5.32 Å². The molecule has 1 aliphatic carbocycles. The first-order chi connectivity index (χ1) is 13.1. The second kappa shape index (κ2) is 9.99. The molecule has 1 amide bonds. The van der Waals surface area contributed by atoms with Gasteiger partial charge in [-0.05, 0) is 44.9 Å². The Balaban J connectivity index is 1.32. The number of amides is 1. The molecule has 1 aromatic carbocycles. The standard InChI is InChI=1S/C20H27F2NO4/c21-14-9-15(22)11-19(10-14)27-17-6-4-16(5-7-17)23-20(24)13-25-12-18-3-1-2-8-26-18/h9-11,16-18H,1-8,12-13H2,(H,23,24). The van der Waals surface area contributed by atoms with E-state index in [1.807, 2.05) is 0 Å². The maximum absolute atomic E-state index is 13.2. The average Bonchev–Trinajstić information content (AvgIpc) is 2.63. The van der Waals surface area contributed by atoms with Gasteiger partial charge < -0.3 is 19.5 Å². The molecule has 0 aromatic heterocycles. The molecule has 1 saturated heterocycles. The Bertz CT molecular complexity index is 594. The molecule has 1 saturated carbocycles. The van der Waals surface area contributed by atoms with Crippen molar-refractivity contribution < 1.29 is 27.8 Å². The zero-order valence-electron chi connectivity index (χ0n) is 15.4. The molecule has 2 fully saturated rings. The molecule has 0 bridgehead atoms. The van der Waals surface area contributed by atoms with Gasteiger partial charge in [0.1, 0.15) is 24.0 Å². The minimum Gasteiger partial charge on any atom is -0.490 e. The van der Waals surface area contributed by atoms with Crippen molar-refractivity contribution in [2.45, 2.75) is 63.2 Å². The number of rotatable bonds is 7. The first-order valence-corrected chi connectivity index (χ1v) is 9.70. The summed E-state index contributed by atoms with van der Waals surface area (Å²) in [5.41, 5.74) is 0. The summed E-state index contributed by atoms with van der Waals surface area (Å²) in [5.74, 6) is -1.21. The van der Waals surface area contributed by atoms with Gasteiger partial charge in [0, 0.05) is 30.8 Å². The molecule has 150 valence electrons. The SMILES string of the molecule is O=C(COCC1CCCCO1)NC1CCC(Oc2cc(F)cc(F)c2)CC1. The Morgan fingerprint density at radius 1 is 1.07 bits per heavy atom. The lowest BCUT2D eigenvalue weighted by atomic mass is 9.93. The van der Waals surface area contributed by atoms with E-state index in [-0.39, 0.29) is 36.5 Å². The minimum absolute atomic E-state index is 0.0405. The molecule has 1 heterocycles. The lowest BCUT2D eigenvalue weighted by Crippen LogP contribution is -2.41. The zero-order chi connectivity index (χ0) is 19.1. The van der Waals surface area contributed by atoms with Gasteiger partial charge in [-0.1, -0.05) is 0 Å². The van der Waals surface area contributed by atoms with Crippen LogP contribution in [0.15, 0.2) is 18.2 Å². The van der Waals surface area contributed by atoms with Crippen LogP contribution in [-0.4, -0.2) is 44.0 Å². The highest BCUT2D eigenvalue weighted by atomic mass is 19.1. The number of hydrogen-bond acceptors (Lipinski definition) is 4. The molecule has 0 radical (unpaired) electrons. The number of halogens is 2. The van der Waals surface area contributed by atoms with Crippen molar-refractivity contribution in [3.63, 3.8) is 0 Å². The van der Waals surface area contributed by atoms with Crippen molar-refractivity contribution in [2.75, 3.05) is 19.8 Å². The van der Waals surface area contributed by atoms with E-state index in [0.717, 1.165) is 57.6 Å². The molecule has 1 N–H and O–H groups in total. The van der Waals surface area contributed by atoms with Crippen molar-refractivity contribution in [3.05, 3.63) is 29.8 Å². The largest absolute Gasteiger partial charge is 0.490 e. The third-order valence-corrected chi connectivity index (χ3v) is 4.99. The zero-order valence-corrected chi connectivity index (χ0v) is 15.4. The first kappa shape index (κ1) is 20.0. The summed E-state index contributed by atoms with van der Waals surface area (Å²) in [4.78, 5) is 12.0. The number of carbonyl (C=O) groups is 1. The van der Waals surface area contributed by atoms with Crippen LogP contribution in [-0.2, 0) is 14.3 Å². The Kier molecular flexibility index (Phi) is 7.41.